The monoisotopic (exact) mass is 233 g/mol. The van der Waals surface area contributed by atoms with E-state index in [9.17, 15) is 19.1 Å². The Morgan fingerprint density at radius 1 is 1.18 bits per heavy atom. The molecule has 86 valence electrons. The van der Waals surface area contributed by atoms with Crippen LogP contribution in [0, 0.1) is 5.82 Å². The quantitative estimate of drug-likeness (QED) is 0.799. The maximum Gasteiger partial charge on any atom is 0.269 e. The van der Waals surface area contributed by atoms with Crippen LogP contribution in [0.2, 0.25) is 0 Å². The van der Waals surface area contributed by atoms with Crippen molar-refractivity contribution in [3.05, 3.63) is 58.3 Å². The van der Waals surface area contributed by atoms with E-state index in [1.807, 2.05) is 0 Å². The first-order chi connectivity index (χ1) is 8.13. The van der Waals surface area contributed by atoms with Crippen molar-refractivity contribution < 1.29 is 14.3 Å². The van der Waals surface area contributed by atoms with Gasteiger partial charge in [-0.05, 0) is 30.3 Å². The minimum absolute atomic E-state index is 0.289. The molecular weight excluding hydrogens is 225 g/mol. The second kappa shape index (κ2) is 4.21. The Hall–Kier alpha value is -2.43. The molecule has 1 aromatic carbocycles. The summed E-state index contributed by atoms with van der Waals surface area (Å²) in [6, 6.07) is 6.45. The van der Waals surface area contributed by atoms with Crippen molar-refractivity contribution in [3.63, 3.8) is 0 Å². The third kappa shape index (κ3) is 1.94. The molecule has 0 aliphatic rings. The lowest BCUT2D eigenvalue weighted by atomic mass is 10.2. The smallest absolute Gasteiger partial charge is 0.269 e. The number of halogens is 1. The molecule has 0 aliphatic carbocycles. The van der Waals surface area contributed by atoms with Gasteiger partial charge in [0.15, 0.2) is 6.29 Å². The van der Waals surface area contributed by atoms with Crippen molar-refractivity contribution >= 4 is 6.29 Å². The third-order valence-electron chi connectivity index (χ3n) is 2.33. The number of hydrogen-bond donors (Lipinski definition) is 1. The molecule has 4 nitrogen and oxygen atoms in total. The van der Waals surface area contributed by atoms with E-state index < -0.39 is 11.4 Å². The number of carbonyl (C=O) groups is 1. The molecule has 0 amide bonds. The van der Waals surface area contributed by atoms with Crippen molar-refractivity contribution in [2.24, 2.45) is 0 Å². The Kier molecular flexibility index (Phi) is 2.74. The van der Waals surface area contributed by atoms with E-state index in [4.69, 9.17) is 0 Å². The van der Waals surface area contributed by atoms with Gasteiger partial charge in [0.1, 0.15) is 17.1 Å². The highest BCUT2D eigenvalue weighted by atomic mass is 19.1. The van der Waals surface area contributed by atoms with E-state index >= 15 is 0 Å². The van der Waals surface area contributed by atoms with Crippen molar-refractivity contribution in [3.8, 4) is 11.4 Å². The third-order valence-corrected chi connectivity index (χ3v) is 2.33. The summed E-state index contributed by atoms with van der Waals surface area (Å²) in [5.41, 5.74) is -0.553. The van der Waals surface area contributed by atoms with Crippen LogP contribution in [0.4, 0.5) is 4.39 Å². The molecule has 0 fully saturated rings. The van der Waals surface area contributed by atoms with Gasteiger partial charge >= 0.3 is 0 Å². The summed E-state index contributed by atoms with van der Waals surface area (Å²) in [6.45, 7) is 0. The van der Waals surface area contributed by atoms with Crippen LogP contribution in [-0.2, 0) is 0 Å². The van der Waals surface area contributed by atoms with Gasteiger partial charge in [0.25, 0.3) is 5.56 Å². The Bertz CT molecular complexity index is 617. The summed E-state index contributed by atoms with van der Waals surface area (Å²) in [7, 11) is 0. The number of aldehydes is 1. The van der Waals surface area contributed by atoms with Crippen LogP contribution in [0.5, 0.6) is 5.75 Å². The maximum absolute atomic E-state index is 12.7. The van der Waals surface area contributed by atoms with Crippen molar-refractivity contribution in [2.45, 2.75) is 0 Å². The highest BCUT2D eigenvalue weighted by molar-refractivity contribution is 5.78. The average molecular weight is 233 g/mol. The van der Waals surface area contributed by atoms with Crippen LogP contribution < -0.4 is 5.56 Å². The number of rotatable bonds is 2. The SMILES string of the molecule is O=Cc1c(O)ccn(-c2ccc(F)cc2)c1=O. The van der Waals surface area contributed by atoms with Gasteiger partial charge in [0.05, 0.1) is 0 Å². The highest BCUT2D eigenvalue weighted by Crippen LogP contribution is 2.12. The molecule has 0 unspecified atom stereocenters. The zero-order chi connectivity index (χ0) is 12.4. The molecule has 0 bridgehead atoms. The van der Waals surface area contributed by atoms with Gasteiger partial charge in [-0.1, -0.05) is 0 Å². The summed E-state index contributed by atoms with van der Waals surface area (Å²) in [5.74, 6) is -0.792. The molecule has 1 aromatic heterocycles. The van der Waals surface area contributed by atoms with Gasteiger partial charge in [0, 0.05) is 11.9 Å². The van der Waals surface area contributed by atoms with E-state index in [1.165, 1.54) is 36.5 Å². The molecule has 1 N–H and O–H groups in total. The lowest BCUT2D eigenvalue weighted by Gasteiger charge is -2.06. The number of nitrogens with zero attached hydrogens (tertiary/aromatic N) is 1. The largest absolute Gasteiger partial charge is 0.507 e. The van der Waals surface area contributed by atoms with Crippen molar-refractivity contribution in [1.29, 1.82) is 0 Å². The minimum atomic E-state index is -0.647. The Morgan fingerprint density at radius 3 is 2.41 bits per heavy atom. The molecule has 0 atom stereocenters. The van der Waals surface area contributed by atoms with E-state index in [0.29, 0.717) is 5.69 Å². The zero-order valence-electron chi connectivity index (χ0n) is 8.63. The Labute approximate surface area is 95.6 Å². The van der Waals surface area contributed by atoms with Crippen molar-refractivity contribution in [2.75, 3.05) is 0 Å². The number of carbonyl (C=O) groups excluding carboxylic acids is 1. The minimum Gasteiger partial charge on any atom is -0.507 e. The Balaban J connectivity index is 2.65. The van der Waals surface area contributed by atoms with E-state index in [0.717, 1.165) is 4.57 Å². The average Bonchev–Trinajstić information content (AvgIpc) is 2.31. The maximum atomic E-state index is 12.7. The normalized spacial score (nSPS) is 10.2. The van der Waals surface area contributed by atoms with Gasteiger partial charge < -0.3 is 5.11 Å². The molecular formula is C12H8FNO3. The van der Waals surface area contributed by atoms with Crippen LogP contribution in [-0.4, -0.2) is 16.0 Å². The fourth-order valence-electron chi connectivity index (χ4n) is 1.46. The molecule has 0 spiro atoms. The predicted molar refractivity (Wildman–Crippen MR) is 59.0 cm³/mol. The van der Waals surface area contributed by atoms with Gasteiger partial charge in [0.2, 0.25) is 0 Å². The van der Waals surface area contributed by atoms with Gasteiger partial charge in [-0.2, -0.15) is 0 Å². The van der Waals surface area contributed by atoms with Crippen LogP contribution in [0.3, 0.4) is 0 Å². The molecule has 2 rings (SSSR count). The predicted octanol–water partition coefficient (Wildman–Crippen LogP) is 1.49. The number of pyridine rings is 1. The number of aromatic nitrogens is 1. The van der Waals surface area contributed by atoms with Crippen LogP contribution >= 0.6 is 0 Å². The first-order valence-electron chi connectivity index (χ1n) is 4.79. The van der Waals surface area contributed by atoms with Crippen LogP contribution in [0.1, 0.15) is 10.4 Å². The second-order valence-electron chi connectivity index (χ2n) is 3.38. The first-order valence-corrected chi connectivity index (χ1v) is 4.79. The summed E-state index contributed by atoms with van der Waals surface area (Å²) < 4.78 is 13.9. The second-order valence-corrected chi connectivity index (χ2v) is 3.38. The molecule has 2 aromatic rings. The summed E-state index contributed by atoms with van der Waals surface area (Å²) in [6.07, 6.45) is 1.61. The zero-order valence-corrected chi connectivity index (χ0v) is 8.63. The number of hydrogen-bond acceptors (Lipinski definition) is 3. The summed E-state index contributed by atoms with van der Waals surface area (Å²) >= 11 is 0. The van der Waals surface area contributed by atoms with E-state index in [1.54, 1.807) is 0 Å². The summed E-state index contributed by atoms with van der Waals surface area (Å²) in [4.78, 5) is 22.4. The molecule has 0 saturated carbocycles. The topological polar surface area (TPSA) is 59.3 Å². The molecule has 5 heteroatoms. The number of benzene rings is 1. The van der Waals surface area contributed by atoms with Gasteiger partial charge in [-0.3, -0.25) is 14.2 Å². The Morgan fingerprint density at radius 2 is 1.82 bits per heavy atom. The number of aromatic hydroxyl groups is 1. The van der Waals surface area contributed by atoms with Gasteiger partial charge in [-0.25, -0.2) is 4.39 Å². The van der Waals surface area contributed by atoms with E-state index in [-0.39, 0.29) is 17.6 Å². The highest BCUT2D eigenvalue weighted by Gasteiger charge is 2.09. The lowest BCUT2D eigenvalue weighted by Crippen LogP contribution is -2.21. The molecule has 0 saturated heterocycles. The van der Waals surface area contributed by atoms with Crippen LogP contribution in [0.15, 0.2) is 41.3 Å². The van der Waals surface area contributed by atoms with Gasteiger partial charge in [-0.15, -0.1) is 0 Å². The van der Waals surface area contributed by atoms with E-state index in [2.05, 4.69) is 0 Å². The fourth-order valence-corrected chi connectivity index (χ4v) is 1.46. The molecule has 0 aliphatic heterocycles. The molecule has 17 heavy (non-hydrogen) atoms. The first kappa shape index (κ1) is 11.1. The molecule has 1 heterocycles. The van der Waals surface area contributed by atoms with Crippen molar-refractivity contribution in [1.82, 2.24) is 4.57 Å². The lowest BCUT2D eigenvalue weighted by molar-refractivity contribution is 0.111. The summed E-state index contributed by atoms with van der Waals surface area (Å²) in [5, 5.41) is 9.30. The molecule has 0 radical (unpaired) electrons. The van der Waals surface area contributed by atoms with Crippen LogP contribution in [0.25, 0.3) is 5.69 Å². The fraction of sp³-hybridized carbons (Fsp3) is 0. The standard InChI is InChI=1S/C12H8FNO3/c13-8-1-3-9(4-2-8)14-6-5-11(16)10(7-15)12(14)17/h1-7,16H.